The quantitative estimate of drug-likeness (QED) is 0.449. The molecule has 1 aromatic heterocycles. The van der Waals surface area contributed by atoms with E-state index >= 15 is 0 Å². The van der Waals surface area contributed by atoms with Crippen LogP contribution >= 0.6 is 23.2 Å². The van der Waals surface area contributed by atoms with Crippen LogP contribution in [0.5, 0.6) is 0 Å². The molecule has 8 heteroatoms. The molecule has 6 nitrogen and oxygen atoms in total. The third-order valence-corrected chi connectivity index (χ3v) is 6.18. The molecule has 1 heterocycles. The van der Waals surface area contributed by atoms with Crippen LogP contribution in [0.3, 0.4) is 0 Å². The zero-order valence-corrected chi connectivity index (χ0v) is 19.4. The molecular weight excluding hydrogens is 451 g/mol. The molecule has 2 aromatic rings. The molecule has 0 unspecified atom stereocenters. The summed E-state index contributed by atoms with van der Waals surface area (Å²) in [5.74, 6) is -1.76. The van der Waals surface area contributed by atoms with Crippen molar-refractivity contribution in [2.75, 3.05) is 13.2 Å². The number of carbonyl (C=O) groups is 2. The maximum absolute atomic E-state index is 12.4. The Kier molecular flexibility index (Phi) is 9.33. The number of aliphatic carboxylic acids is 1. The number of rotatable bonds is 11. The number of carboxylic acid groups (broad SMARTS) is 1. The average Bonchev–Trinajstić information content (AvgIpc) is 2.77. The van der Waals surface area contributed by atoms with Gasteiger partial charge in [-0.15, -0.1) is 0 Å². The van der Waals surface area contributed by atoms with Gasteiger partial charge >= 0.3 is 5.97 Å². The Hall–Kier alpha value is -2.15. The summed E-state index contributed by atoms with van der Waals surface area (Å²) in [5, 5.41) is 12.2. The number of aromatic nitrogens is 1. The SMILES string of the molecule is O=C(N[C@@H](CCOCCCCc1ccc2c(n1)CCCC2)C(=O)O)c1c(Cl)cccc1Cl. The van der Waals surface area contributed by atoms with Crippen molar-refractivity contribution < 1.29 is 19.4 Å². The van der Waals surface area contributed by atoms with E-state index in [9.17, 15) is 14.7 Å². The van der Waals surface area contributed by atoms with Crippen LogP contribution in [0, 0.1) is 0 Å². The number of carbonyl (C=O) groups excluding carboxylic acids is 1. The molecular formula is C24H28Cl2N2O4. The van der Waals surface area contributed by atoms with E-state index in [4.69, 9.17) is 32.9 Å². The van der Waals surface area contributed by atoms with E-state index in [1.807, 2.05) is 0 Å². The molecule has 0 radical (unpaired) electrons. The van der Waals surface area contributed by atoms with E-state index < -0.39 is 17.9 Å². The fraction of sp³-hybridized carbons (Fsp3) is 0.458. The number of ether oxygens (including phenoxy) is 1. The molecule has 0 fully saturated rings. The topological polar surface area (TPSA) is 88.5 Å². The molecule has 32 heavy (non-hydrogen) atoms. The fourth-order valence-electron chi connectivity index (χ4n) is 3.78. The van der Waals surface area contributed by atoms with Gasteiger partial charge in [-0.05, 0) is 68.7 Å². The van der Waals surface area contributed by atoms with Crippen LogP contribution in [0.25, 0.3) is 0 Å². The molecule has 0 bridgehead atoms. The predicted octanol–water partition coefficient (Wildman–Crippen LogP) is 4.88. The molecule has 0 saturated carbocycles. The number of aryl methyl sites for hydroxylation is 3. The zero-order chi connectivity index (χ0) is 22.9. The van der Waals surface area contributed by atoms with Crippen molar-refractivity contribution in [3.8, 4) is 0 Å². The van der Waals surface area contributed by atoms with Gasteiger partial charge in [-0.2, -0.15) is 0 Å². The number of carboxylic acids is 1. The second-order valence-electron chi connectivity index (χ2n) is 7.93. The fourth-order valence-corrected chi connectivity index (χ4v) is 4.35. The van der Waals surface area contributed by atoms with Crippen molar-refractivity contribution in [2.24, 2.45) is 0 Å². The van der Waals surface area contributed by atoms with Crippen molar-refractivity contribution in [2.45, 2.75) is 57.4 Å². The van der Waals surface area contributed by atoms with Gasteiger partial charge in [0, 0.05) is 31.0 Å². The minimum Gasteiger partial charge on any atom is -0.480 e. The molecule has 3 rings (SSSR count). The Morgan fingerprint density at radius 1 is 1.06 bits per heavy atom. The number of benzene rings is 1. The molecule has 1 atom stereocenters. The average molecular weight is 479 g/mol. The van der Waals surface area contributed by atoms with Crippen molar-refractivity contribution in [1.82, 2.24) is 10.3 Å². The number of pyridine rings is 1. The summed E-state index contributed by atoms with van der Waals surface area (Å²) in [6, 6.07) is 7.92. The van der Waals surface area contributed by atoms with Crippen LogP contribution in [-0.4, -0.2) is 41.2 Å². The molecule has 1 aliphatic rings. The number of nitrogens with zero attached hydrogens (tertiary/aromatic N) is 1. The van der Waals surface area contributed by atoms with Crippen molar-refractivity contribution in [3.63, 3.8) is 0 Å². The number of fused-ring (bicyclic) bond motifs is 1. The second kappa shape index (κ2) is 12.2. The van der Waals surface area contributed by atoms with Gasteiger partial charge in [-0.1, -0.05) is 35.3 Å². The second-order valence-corrected chi connectivity index (χ2v) is 8.75. The largest absolute Gasteiger partial charge is 0.480 e. The van der Waals surface area contributed by atoms with Crippen LogP contribution in [0.1, 0.15) is 59.4 Å². The molecule has 1 aliphatic carbocycles. The summed E-state index contributed by atoms with van der Waals surface area (Å²) in [6.07, 6.45) is 7.56. The smallest absolute Gasteiger partial charge is 0.326 e. The first-order valence-electron chi connectivity index (χ1n) is 11.0. The summed E-state index contributed by atoms with van der Waals surface area (Å²) >= 11 is 12.0. The van der Waals surface area contributed by atoms with E-state index in [2.05, 4.69) is 17.4 Å². The lowest BCUT2D eigenvalue weighted by molar-refractivity contribution is -0.139. The van der Waals surface area contributed by atoms with E-state index in [0.717, 1.165) is 37.8 Å². The molecule has 0 spiro atoms. The lowest BCUT2D eigenvalue weighted by atomic mass is 9.95. The van der Waals surface area contributed by atoms with Gasteiger partial charge < -0.3 is 15.2 Å². The number of nitrogens with one attached hydrogen (secondary N) is 1. The molecule has 0 saturated heterocycles. The van der Waals surface area contributed by atoms with E-state index in [1.165, 1.54) is 36.2 Å². The highest BCUT2D eigenvalue weighted by Gasteiger charge is 2.23. The van der Waals surface area contributed by atoms with E-state index in [0.29, 0.717) is 6.61 Å². The van der Waals surface area contributed by atoms with E-state index in [-0.39, 0.29) is 28.6 Å². The Balaban J connectivity index is 1.36. The number of unbranched alkanes of at least 4 members (excludes halogenated alkanes) is 1. The summed E-state index contributed by atoms with van der Waals surface area (Å²) in [7, 11) is 0. The van der Waals surface area contributed by atoms with Gasteiger partial charge in [-0.25, -0.2) is 4.79 Å². The van der Waals surface area contributed by atoms with Gasteiger partial charge in [0.25, 0.3) is 5.91 Å². The third-order valence-electron chi connectivity index (χ3n) is 5.55. The van der Waals surface area contributed by atoms with Gasteiger partial charge in [-0.3, -0.25) is 9.78 Å². The van der Waals surface area contributed by atoms with Crippen LogP contribution in [0.2, 0.25) is 10.0 Å². The number of hydrogen-bond donors (Lipinski definition) is 2. The van der Waals surface area contributed by atoms with Crippen molar-refractivity contribution >= 4 is 35.1 Å². The summed E-state index contributed by atoms with van der Waals surface area (Å²) < 4.78 is 5.59. The Morgan fingerprint density at radius 2 is 1.81 bits per heavy atom. The monoisotopic (exact) mass is 478 g/mol. The third kappa shape index (κ3) is 6.92. The summed E-state index contributed by atoms with van der Waals surface area (Å²) in [6.45, 7) is 0.756. The number of hydrogen-bond acceptors (Lipinski definition) is 4. The first-order valence-corrected chi connectivity index (χ1v) is 11.7. The summed E-state index contributed by atoms with van der Waals surface area (Å²) in [5.41, 5.74) is 3.83. The van der Waals surface area contributed by atoms with Crippen LogP contribution < -0.4 is 5.32 Å². The minimum atomic E-state index is -1.14. The lowest BCUT2D eigenvalue weighted by Gasteiger charge is -2.16. The Labute approximate surface area is 198 Å². The summed E-state index contributed by atoms with van der Waals surface area (Å²) in [4.78, 5) is 28.7. The highest BCUT2D eigenvalue weighted by Crippen LogP contribution is 2.24. The van der Waals surface area contributed by atoms with E-state index in [1.54, 1.807) is 6.07 Å². The molecule has 2 N–H and O–H groups in total. The highest BCUT2D eigenvalue weighted by atomic mass is 35.5. The maximum Gasteiger partial charge on any atom is 0.326 e. The first kappa shape index (κ1) is 24.5. The highest BCUT2D eigenvalue weighted by molar-refractivity contribution is 6.39. The van der Waals surface area contributed by atoms with Gasteiger partial charge in [0.1, 0.15) is 6.04 Å². The Morgan fingerprint density at radius 3 is 2.56 bits per heavy atom. The number of halogens is 2. The van der Waals surface area contributed by atoms with Crippen LogP contribution in [-0.2, 0) is 28.8 Å². The first-order chi connectivity index (χ1) is 15.5. The van der Waals surface area contributed by atoms with Gasteiger partial charge in [0.15, 0.2) is 0 Å². The molecule has 1 amide bonds. The minimum absolute atomic E-state index is 0.0683. The Bertz CT molecular complexity index is 931. The predicted molar refractivity (Wildman–Crippen MR) is 125 cm³/mol. The van der Waals surface area contributed by atoms with Gasteiger partial charge in [0.05, 0.1) is 15.6 Å². The van der Waals surface area contributed by atoms with Crippen LogP contribution in [0.15, 0.2) is 30.3 Å². The van der Waals surface area contributed by atoms with Crippen molar-refractivity contribution in [1.29, 1.82) is 0 Å². The van der Waals surface area contributed by atoms with Crippen LogP contribution in [0.4, 0.5) is 0 Å². The number of amides is 1. The normalized spacial score (nSPS) is 13.9. The standard InChI is InChI=1S/C24H28Cl2N2O4/c25-18-8-5-9-19(26)22(18)23(29)28-21(24(30)31)13-15-32-14-4-3-7-17-12-11-16-6-1-2-10-20(16)27-17/h5,8-9,11-12,21H,1-4,6-7,10,13-15H2,(H,28,29)(H,30,31)/t21-/m0/s1. The molecule has 172 valence electrons. The van der Waals surface area contributed by atoms with Crippen molar-refractivity contribution in [3.05, 3.63) is 62.9 Å². The maximum atomic E-state index is 12.4. The zero-order valence-electron chi connectivity index (χ0n) is 17.9. The lowest BCUT2D eigenvalue weighted by Crippen LogP contribution is -2.41. The molecule has 0 aliphatic heterocycles. The van der Waals surface area contributed by atoms with Gasteiger partial charge in [0.2, 0.25) is 0 Å². The molecule has 1 aromatic carbocycles.